The van der Waals surface area contributed by atoms with Crippen LogP contribution in [0.3, 0.4) is 0 Å². The molecule has 0 fully saturated rings. The number of fused-ring (bicyclic) bond motifs is 6. The van der Waals surface area contributed by atoms with Gasteiger partial charge in [0.15, 0.2) is 5.71 Å². The number of hydrogen-bond donors (Lipinski definition) is 1. The number of nitrogens with zero attached hydrogens (tertiary/aromatic N) is 2. The van der Waals surface area contributed by atoms with Crippen molar-refractivity contribution >= 4 is 85.1 Å². The first-order chi connectivity index (χ1) is 46.2. The number of methoxy groups -OCH3 is 2. The normalized spacial score (nSPS) is 17.4. The van der Waals surface area contributed by atoms with Gasteiger partial charge in [-0.15, -0.1) is 0 Å². The summed E-state index contributed by atoms with van der Waals surface area (Å²) in [5.41, 5.74) is 0.719. The molecule has 2 unspecified atom stereocenters. The van der Waals surface area contributed by atoms with Gasteiger partial charge in [0.25, 0.3) is 0 Å². The van der Waals surface area contributed by atoms with E-state index in [0.29, 0.717) is 158 Å². The van der Waals surface area contributed by atoms with E-state index < -0.39 is 76.9 Å². The minimum atomic E-state index is -5.38. The van der Waals surface area contributed by atoms with Crippen molar-refractivity contribution in [3.05, 3.63) is 95.7 Å². The number of hydrogen-bond acceptors (Lipinski definition) is 26. The second-order valence-corrected chi connectivity index (χ2v) is 28.3. The minimum Gasteiger partial charge on any atom is -0.744 e. The van der Waals surface area contributed by atoms with Crippen LogP contribution in [0.5, 0.6) is 0 Å². The van der Waals surface area contributed by atoms with E-state index in [4.69, 9.17) is 56.8 Å². The number of carboxylic acids is 1. The molecule has 2 aliphatic rings. The fourth-order valence-corrected chi connectivity index (χ4v) is 14.3. The molecule has 0 bridgehead atoms. The average Bonchev–Trinajstić information content (AvgIpc) is 1.59. The lowest BCUT2D eigenvalue weighted by Gasteiger charge is -2.30. The zero-order chi connectivity index (χ0) is 70.7. The van der Waals surface area contributed by atoms with Gasteiger partial charge in [0.1, 0.15) is 47.0 Å². The van der Waals surface area contributed by atoms with E-state index >= 15 is 0 Å². The number of anilines is 1. The maximum Gasteiger partial charge on any atom is 0.303 e. The third-order valence-corrected chi connectivity index (χ3v) is 19.6. The lowest BCUT2D eigenvalue weighted by molar-refractivity contribution is -0.438. The van der Waals surface area contributed by atoms with E-state index in [-0.39, 0.29) is 107 Å². The van der Waals surface area contributed by atoms with E-state index in [0.717, 1.165) is 12.1 Å². The molecule has 0 amide bonds. The maximum absolute atomic E-state index is 12.9. The first-order valence-corrected chi connectivity index (χ1v) is 37.4. The molecule has 97 heavy (non-hydrogen) atoms. The zero-order valence-corrected chi connectivity index (χ0v) is 58.7. The van der Waals surface area contributed by atoms with Crippen molar-refractivity contribution in [2.24, 2.45) is 0 Å². The van der Waals surface area contributed by atoms with Gasteiger partial charge in [-0.2, -0.15) is 4.58 Å². The summed E-state index contributed by atoms with van der Waals surface area (Å²) in [7, 11) is -18.2. The highest BCUT2D eigenvalue weighted by molar-refractivity contribution is 7.87. The summed E-state index contributed by atoms with van der Waals surface area (Å²) >= 11 is 0. The zero-order valence-electron chi connectivity index (χ0n) is 55.4. The number of ether oxygens (including phenoxy) is 12. The Morgan fingerprint density at radius 1 is 0.485 bits per heavy atom. The standard InChI is InChI=1S/C65H92N2O26S4/c1-6-66-55-18-16-51-53(45-49(94(70,71)72)47-57(51)96(76,77)78)62(55)64(2,20-23-84-29-31-88-37-39-92-43-41-90-35-33-86-27-25-82-4)59(66)13-9-7-10-14-60-65(3,21-24-85-30-32-89-38-40-93-44-42-91-36-34-87-28-26-83-5)63-54-46-50(95(73,74)75)48-58(97(79,80)81)52(54)17-19-56(63)67(60)22-12-8-11-15-61(68)69/h7,9-10,13-14,16-19,45-48H,6,8,11-12,15,20-44H2,1-5H3,(H4-,68,69,70,71,72,73,74,75,76,77,78,79,80,81)/p-3. The van der Waals surface area contributed by atoms with Gasteiger partial charge in [0, 0.05) is 86.7 Å². The van der Waals surface area contributed by atoms with Crippen molar-refractivity contribution in [1.82, 2.24) is 0 Å². The highest BCUT2D eigenvalue weighted by Crippen LogP contribution is 2.54. The van der Waals surface area contributed by atoms with Crippen LogP contribution in [-0.2, 0) is 113 Å². The smallest absolute Gasteiger partial charge is 0.303 e. The molecule has 0 aromatic heterocycles. The summed E-state index contributed by atoms with van der Waals surface area (Å²) < 4.78 is 222. The van der Waals surface area contributed by atoms with E-state index in [1.807, 2.05) is 30.2 Å². The molecular weight excluding hydrogens is 1350 g/mol. The van der Waals surface area contributed by atoms with Gasteiger partial charge < -0.3 is 85.1 Å². The Bertz CT molecular complexity index is 3840. The number of aliphatic carboxylic acids is 1. The van der Waals surface area contributed by atoms with Crippen molar-refractivity contribution in [3.8, 4) is 0 Å². The predicted molar refractivity (Wildman–Crippen MR) is 351 cm³/mol. The molecule has 32 heteroatoms. The molecule has 28 nitrogen and oxygen atoms in total. The Balaban J connectivity index is 1.31. The molecular formula is C65H89N2O26S4-3. The molecule has 0 spiro atoms. The number of likely N-dealkylation sites (N-methyl/N-ethyl adjacent to an activating group) is 1. The molecule has 2 atom stereocenters. The lowest BCUT2D eigenvalue weighted by Crippen LogP contribution is -2.33. The second-order valence-electron chi connectivity index (χ2n) is 22.8. The lowest BCUT2D eigenvalue weighted by atomic mass is 9.75. The Kier molecular flexibility index (Phi) is 32.5. The number of allylic oxidation sites excluding steroid dienone is 6. The first-order valence-electron chi connectivity index (χ1n) is 31.7. The molecule has 0 radical (unpaired) electrons. The molecule has 2 aliphatic heterocycles. The van der Waals surface area contributed by atoms with Gasteiger partial charge in [-0.25, -0.2) is 33.7 Å². The van der Waals surface area contributed by atoms with Crippen LogP contribution >= 0.6 is 0 Å². The van der Waals surface area contributed by atoms with Crippen LogP contribution in [0.4, 0.5) is 11.4 Å². The molecule has 2 heterocycles. The summed E-state index contributed by atoms with van der Waals surface area (Å²) in [4.78, 5) is 9.83. The molecule has 0 saturated heterocycles. The van der Waals surface area contributed by atoms with Crippen LogP contribution in [0.1, 0.15) is 70.4 Å². The predicted octanol–water partition coefficient (Wildman–Crippen LogP) is 5.64. The number of unbranched alkanes of at least 4 members (excludes halogenated alkanes) is 2. The van der Waals surface area contributed by atoms with Crippen molar-refractivity contribution < 1.29 is 123 Å². The molecule has 1 N–H and O–H groups in total. The second kappa shape index (κ2) is 39.1. The summed E-state index contributed by atoms with van der Waals surface area (Å²) in [6.45, 7) is 13.1. The SMILES string of the molecule is CCN1C(=CC=CC=CC2=[N+](CCCCCC(=O)O)c3ccc4c(S(=O)(=O)[O-])cc(S(=O)(=O)[O-])cc4c3C2(C)CCOCCOCCOCCOCCOCCOC)C(C)(CCOCCOCCOCCOCCOCCOC)c2c1ccc1c(S(=O)(=O)[O-])cc(S(=O)(=O)[O-])cc21. The molecule has 542 valence electrons. The van der Waals surface area contributed by atoms with Crippen molar-refractivity contribution in [2.45, 2.75) is 89.7 Å². The number of carbonyl (C=O) groups is 1. The summed E-state index contributed by atoms with van der Waals surface area (Å²) in [5.74, 6) is -0.973. The first kappa shape index (κ1) is 80.7. The molecule has 6 rings (SSSR count). The topological polar surface area (TPSA) is 383 Å². The van der Waals surface area contributed by atoms with Crippen molar-refractivity contribution in [3.63, 3.8) is 0 Å². The Morgan fingerprint density at radius 2 is 0.887 bits per heavy atom. The van der Waals surface area contributed by atoms with Crippen LogP contribution in [0.25, 0.3) is 21.5 Å². The number of carboxylic acid groups (broad SMARTS) is 1. The van der Waals surface area contributed by atoms with Crippen LogP contribution in [0.15, 0.2) is 104 Å². The summed E-state index contributed by atoms with van der Waals surface area (Å²) in [6, 6.07) is 9.29. The highest BCUT2D eigenvalue weighted by atomic mass is 32.2. The quantitative estimate of drug-likeness (QED) is 0.0242. The molecule has 4 aromatic carbocycles. The average molecular weight is 1440 g/mol. The Morgan fingerprint density at radius 3 is 1.29 bits per heavy atom. The van der Waals surface area contributed by atoms with Crippen molar-refractivity contribution in [1.29, 1.82) is 0 Å². The molecule has 4 aromatic rings. The van der Waals surface area contributed by atoms with Crippen LogP contribution in [-0.4, -0.2) is 246 Å². The third-order valence-electron chi connectivity index (χ3n) is 16.3. The van der Waals surface area contributed by atoms with Gasteiger partial charge in [0.05, 0.1) is 157 Å². The fourth-order valence-electron chi connectivity index (χ4n) is 11.7. The van der Waals surface area contributed by atoms with E-state index in [1.54, 1.807) is 56.7 Å². The van der Waals surface area contributed by atoms with Crippen molar-refractivity contribution in [2.75, 3.05) is 178 Å². The van der Waals surface area contributed by atoms with Gasteiger partial charge >= 0.3 is 5.97 Å². The minimum absolute atomic E-state index is 0.0121. The van der Waals surface area contributed by atoms with Gasteiger partial charge in [-0.3, -0.25) is 4.79 Å². The van der Waals surface area contributed by atoms with E-state index in [2.05, 4.69) is 0 Å². The Hall–Kier alpha value is -5.28. The van der Waals surface area contributed by atoms with Gasteiger partial charge in [-0.05, 0) is 111 Å². The highest BCUT2D eigenvalue weighted by Gasteiger charge is 2.49. The summed E-state index contributed by atoms with van der Waals surface area (Å²) in [6.07, 6.45) is 10.3. The van der Waals surface area contributed by atoms with Gasteiger partial charge in [0.2, 0.25) is 5.69 Å². The van der Waals surface area contributed by atoms with Crippen LogP contribution in [0.2, 0.25) is 0 Å². The monoisotopic (exact) mass is 1440 g/mol. The maximum atomic E-state index is 12.9. The van der Waals surface area contributed by atoms with Gasteiger partial charge in [-0.1, -0.05) is 24.3 Å². The van der Waals surface area contributed by atoms with Crippen LogP contribution < -0.4 is 4.90 Å². The van der Waals surface area contributed by atoms with Crippen LogP contribution in [0, 0.1) is 0 Å². The summed E-state index contributed by atoms with van der Waals surface area (Å²) in [5, 5.41) is 9.28. The van der Waals surface area contributed by atoms with E-state index in [1.165, 1.54) is 12.1 Å². The number of rotatable bonds is 50. The van der Waals surface area contributed by atoms with E-state index in [9.17, 15) is 61.8 Å². The molecule has 0 aliphatic carbocycles. The fraction of sp³-hybridized carbons (Fsp3) is 0.569. The molecule has 0 saturated carbocycles. The third kappa shape index (κ3) is 23.4. The Labute approximate surface area is 568 Å². The number of benzene rings is 4. The largest absolute Gasteiger partial charge is 0.744 e.